The highest BCUT2D eigenvalue weighted by atomic mass is 28.1. The fourth-order valence-corrected chi connectivity index (χ4v) is 0.746. The smallest absolute Gasteiger partial charge is 0.115 e. The maximum Gasteiger partial charge on any atom is 0.115 e. The van der Waals surface area contributed by atoms with E-state index >= 15 is 0 Å². The van der Waals surface area contributed by atoms with Crippen LogP contribution in [-0.4, -0.2) is 16.1 Å². The normalized spacial score (nSPS) is 8.45. The van der Waals surface area contributed by atoms with Gasteiger partial charge < -0.3 is 5.11 Å². The molecule has 60 valence electrons. The summed E-state index contributed by atoms with van der Waals surface area (Å²) in [6.45, 7) is 5.71. The maximum absolute atomic E-state index is 8.91. The second kappa shape index (κ2) is 3.98. The summed E-state index contributed by atoms with van der Waals surface area (Å²) in [6.07, 6.45) is 0. The highest BCUT2D eigenvalue weighted by Crippen LogP contribution is 2.14. The fraction of sp³-hybridized carbons (Fsp3) is 0.111. The third-order valence-corrected chi connectivity index (χ3v) is 1.36. The second-order valence-electron chi connectivity index (χ2n) is 2.33. The predicted molar refractivity (Wildman–Crippen MR) is 54.1 cm³/mol. The number of aromatic hydroxyl groups is 1. The number of benzene rings is 1. The molecule has 0 aliphatic rings. The van der Waals surface area contributed by atoms with Gasteiger partial charge in [0, 0.05) is 0 Å². The first-order valence-electron chi connectivity index (χ1n) is 3.15. The lowest BCUT2D eigenvalue weighted by atomic mass is 10.1. The van der Waals surface area contributed by atoms with E-state index in [1.165, 1.54) is 0 Å². The molecule has 1 nitrogen and oxygen atoms in total. The Labute approximate surface area is 71.4 Å². The van der Waals surface area contributed by atoms with Gasteiger partial charge in [0.1, 0.15) is 5.75 Å². The van der Waals surface area contributed by atoms with Crippen LogP contribution in [0.3, 0.4) is 0 Å². The van der Waals surface area contributed by atoms with Crippen LogP contribution in [0.4, 0.5) is 0 Å². The quantitative estimate of drug-likeness (QED) is 0.616. The third kappa shape index (κ3) is 2.59. The van der Waals surface area contributed by atoms with E-state index < -0.39 is 0 Å². The van der Waals surface area contributed by atoms with Gasteiger partial charge in [0.25, 0.3) is 0 Å². The van der Waals surface area contributed by atoms with E-state index in [1.807, 2.05) is 19.1 Å². The molecule has 1 aromatic rings. The topological polar surface area (TPSA) is 20.2 Å². The average molecular weight is 166 g/mol. The summed E-state index contributed by atoms with van der Waals surface area (Å²) < 4.78 is 0. The van der Waals surface area contributed by atoms with Crippen molar-refractivity contribution in [1.29, 1.82) is 0 Å². The molecule has 0 bridgehead atoms. The number of hydrogen-bond donors (Lipinski definition) is 1. The van der Waals surface area contributed by atoms with Gasteiger partial charge in [-0.1, -0.05) is 24.3 Å². The van der Waals surface area contributed by atoms with E-state index in [1.54, 1.807) is 12.1 Å². The molecule has 1 N–H and O–H groups in total. The van der Waals surface area contributed by atoms with Gasteiger partial charge in [0.2, 0.25) is 0 Å². The molecular formula is C9H14OSi. The highest BCUT2D eigenvalue weighted by Gasteiger charge is 1.90. The molecule has 0 saturated carbocycles. The summed E-state index contributed by atoms with van der Waals surface area (Å²) >= 11 is 0. The van der Waals surface area contributed by atoms with Crippen LogP contribution in [-0.2, 0) is 0 Å². The van der Waals surface area contributed by atoms with Crippen molar-refractivity contribution in [2.75, 3.05) is 0 Å². The fourth-order valence-electron chi connectivity index (χ4n) is 0.746. The summed E-state index contributed by atoms with van der Waals surface area (Å²) in [5.74, 6) is 0.296. The molecule has 0 saturated heterocycles. The molecule has 0 heterocycles. The summed E-state index contributed by atoms with van der Waals surface area (Å²) in [6, 6.07) is 7.00. The highest BCUT2D eigenvalue weighted by molar-refractivity contribution is 5.75. The van der Waals surface area contributed by atoms with Crippen LogP contribution in [0.5, 0.6) is 5.75 Å². The van der Waals surface area contributed by atoms with Crippen molar-refractivity contribution < 1.29 is 5.11 Å². The van der Waals surface area contributed by atoms with E-state index in [9.17, 15) is 0 Å². The Bertz CT molecular complexity index is 238. The van der Waals surface area contributed by atoms with Gasteiger partial charge in [-0.3, -0.25) is 0 Å². The van der Waals surface area contributed by atoms with Crippen LogP contribution in [0.15, 0.2) is 30.8 Å². The summed E-state index contributed by atoms with van der Waals surface area (Å²) in [4.78, 5) is 0. The van der Waals surface area contributed by atoms with Gasteiger partial charge >= 0.3 is 0 Å². The monoisotopic (exact) mass is 166 g/mol. The van der Waals surface area contributed by atoms with Crippen LogP contribution in [0, 0.1) is 0 Å². The zero-order valence-electron chi connectivity index (χ0n) is 5.96. The van der Waals surface area contributed by atoms with Crippen LogP contribution in [0.2, 0.25) is 0 Å². The molecule has 11 heavy (non-hydrogen) atoms. The van der Waals surface area contributed by atoms with E-state index in [4.69, 9.17) is 5.11 Å². The minimum Gasteiger partial charge on any atom is -0.508 e. The average Bonchev–Trinajstić information content (AvgIpc) is 1.88. The Balaban J connectivity index is 0.000001000. The van der Waals surface area contributed by atoms with Crippen LogP contribution in [0.25, 0.3) is 5.57 Å². The number of hydrogen-bond acceptors (Lipinski definition) is 1. The van der Waals surface area contributed by atoms with Crippen molar-refractivity contribution in [3.05, 3.63) is 36.4 Å². The molecule has 0 amide bonds. The third-order valence-electron chi connectivity index (χ3n) is 1.36. The van der Waals surface area contributed by atoms with Gasteiger partial charge in [-0.15, -0.1) is 0 Å². The Morgan fingerprint density at radius 1 is 1.27 bits per heavy atom. The van der Waals surface area contributed by atoms with Crippen molar-refractivity contribution in [3.8, 4) is 5.75 Å². The van der Waals surface area contributed by atoms with Crippen molar-refractivity contribution in [2.24, 2.45) is 0 Å². The molecule has 1 rings (SSSR count). The van der Waals surface area contributed by atoms with Crippen molar-refractivity contribution in [2.45, 2.75) is 6.92 Å². The van der Waals surface area contributed by atoms with E-state index in [0.717, 1.165) is 11.1 Å². The molecule has 0 radical (unpaired) electrons. The van der Waals surface area contributed by atoms with Gasteiger partial charge in [-0.2, -0.15) is 0 Å². The minimum absolute atomic E-state index is 0. The lowest BCUT2D eigenvalue weighted by molar-refractivity contribution is 0.475. The summed E-state index contributed by atoms with van der Waals surface area (Å²) in [7, 11) is 0. The van der Waals surface area contributed by atoms with Crippen LogP contribution < -0.4 is 0 Å². The van der Waals surface area contributed by atoms with Crippen LogP contribution in [0.1, 0.15) is 12.5 Å². The van der Waals surface area contributed by atoms with Gasteiger partial charge in [0.15, 0.2) is 0 Å². The molecular weight excluding hydrogens is 152 g/mol. The first-order chi connectivity index (χ1) is 4.70. The molecule has 0 atom stereocenters. The first-order valence-corrected chi connectivity index (χ1v) is 3.15. The predicted octanol–water partition coefficient (Wildman–Crippen LogP) is 0.974. The lowest BCUT2D eigenvalue weighted by Gasteiger charge is -1.97. The number of phenolic OH excluding ortho intramolecular Hbond substituents is 1. The zero-order chi connectivity index (χ0) is 7.56. The van der Waals surface area contributed by atoms with Gasteiger partial charge in [-0.05, 0) is 35.6 Å². The first kappa shape index (κ1) is 9.98. The van der Waals surface area contributed by atoms with Crippen LogP contribution >= 0.6 is 0 Å². The molecule has 2 heteroatoms. The van der Waals surface area contributed by atoms with E-state index in [2.05, 4.69) is 6.58 Å². The Hall–Kier alpha value is -1.02. The Kier molecular flexibility index (Phi) is 3.61. The molecule has 0 unspecified atom stereocenters. The standard InChI is InChI=1S/C9H10O.H4Si/c1-7(2)8-3-5-9(10)6-4-8;/h3-6,10H,1H2,2H3;1H4. The zero-order valence-corrected chi connectivity index (χ0v) is 5.96. The van der Waals surface area contributed by atoms with Gasteiger partial charge in [-0.25, -0.2) is 0 Å². The molecule has 1 aromatic carbocycles. The molecule has 0 aliphatic carbocycles. The minimum atomic E-state index is 0. The number of allylic oxidation sites excluding steroid dienone is 1. The summed E-state index contributed by atoms with van der Waals surface area (Å²) in [5.41, 5.74) is 2.08. The largest absolute Gasteiger partial charge is 0.508 e. The summed E-state index contributed by atoms with van der Waals surface area (Å²) in [5, 5.41) is 8.91. The SMILES string of the molecule is C=C(C)c1ccc(O)cc1.[SiH4]. The van der Waals surface area contributed by atoms with Crippen molar-refractivity contribution in [3.63, 3.8) is 0 Å². The lowest BCUT2D eigenvalue weighted by Crippen LogP contribution is -1.74. The number of phenols is 1. The molecule has 0 spiro atoms. The Morgan fingerprint density at radius 2 is 1.73 bits per heavy atom. The Morgan fingerprint density at radius 3 is 2.09 bits per heavy atom. The van der Waals surface area contributed by atoms with Gasteiger partial charge in [0.05, 0.1) is 0 Å². The van der Waals surface area contributed by atoms with E-state index in [0.29, 0.717) is 5.75 Å². The molecule has 0 aromatic heterocycles. The van der Waals surface area contributed by atoms with Crippen molar-refractivity contribution in [1.82, 2.24) is 0 Å². The second-order valence-corrected chi connectivity index (χ2v) is 2.33. The maximum atomic E-state index is 8.91. The van der Waals surface area contributed by atoms with E-state index in [-0.39, 0.29) is 11.0 Å². The molecule has 0 fully saturated rings. The molecule has 0 aliphatic heterocycles. The van der Waals surface area contributed by atoms with Crippen molar-refractivity contribution >= 4 is 16.5 Å². The number of rotatable bonds is 1.